The Morgan fingerprint density at radius 2 is 2.10 bits per heavy atom. The quantitative estimate of drug-likeness (QED) is 0.595. The summed E-state index contributed by atoms with van der Waals surface area (Å²) in [5.41, 5.74) is 3.20. The smallest absolute Gasteiger partial charge is 0.133 e. The Morgan fingerprint density at radius 3 is 2.67 bits per heavy atom. The first-order valence-electron chi connectivity index (χ1n) is 6.79. The zero-order valence-electron chi connectivity index (χ0n) is 12.2. The molecule has 21 heavy (non-hydrogen) atoms. The molecule has 0 atom stereocenters. The second kappa shape index (κ2) is 6.98. The van der Waals surface area contributed by atoms with Crippen LogP contribution in [0.4, 0.5) is 0 Å². The Morgan fingerprint density at radius 1 is 1.43 bits per heavy atom. The van der Waals surface area contributed by atoms with Gasteiger partial charge in [-0.1, -0.05) is 37.4 Å². The van der Waals surface area contributed by atoms with Gasteiger partial charge in [-0.15, -0.1) is 0 Å². The summed E-state index contributed by atoms with van der Waals surface area (Å²) >= 11 is 0. The van der Waals surface area contributed by atoms with Crippen molar-refractivity contribution in [2.24, 2.45) is 4.99 Å². The summed E-state index contributed by atoms with van der Waals surface area (Å²) < 4.78 is 5.26. The number of hydrogen-bond acceptors (Lipinski definition) is 4. The molecule has 0 spiro atoms. The molecule has 0 amide bonds. The molecular weight excluding hydrogens is 262 g/mol. The summed E-state index contributed by atoms with van der Waals surface area (Å²) in [4.78, 5) is 6.27. The maximum Gasteiger partial charge on any atom is 0.133 e. The van der Waals surface area contributed by atoms with Crippen molar-refractivity contribution in [2.75, 3.05) is 20.2 Å². The van der Waals surface area contributed by atoms with Gasteiger partial charge in [-0.25, -0.2) is 4.99 Å². The van der Waals surface area contributed by atoms with Crippen LogP contribution in [-0.4, -0.2) is 37.4 Å². The zero-order chi connectivity index (χ0) is 15.2. The van der Waals surface area contributed by atoms with Crippen molar-refractivity contribution in [2.45, 2.75) is 12.6 Å². The number of ether oxygens (including phenoxy) is 1. The van der Waals surface area contributed by atoms with Gasteiger partial charge < -0.3 is 4.74 Å². The molecule has 1 fully saturated rings. The SMILES string of the molecule is C=C(C#N)N=CC(=C)c1ccc(CN2CC(OC)C2)cc1. The lowest BCUT2D eigenvalue weighted by Crippen LogP contribution is -2.50. The maximum absolute atomic E-state index is 8.60. The molecule has 0 saturated carbocycles. The number of nitrogens with zero attached hydrogens (tertiary/aromatic N) is 3. The summed E-state index contributed by atoms with van der Waals surface area (Å²) in [5.74, 6) is 0. The topological polar surface area (TPSA) is 48.6 Å². The maximum atomic E-state index is 8.60. The molecule has 108 valence electrons. The molecule has 0 N–H and O–H groups in total. The molecule has 1 heterocycles. The lowest BCUT2D eigenvalue weighted by atomic mass is 10.0. The van der Waals surface area contributed by atoms with E-state index in [-0.39, 0.29) is 5.70 Å². The molecule has 1 aliphatic heterocycles. The van der Waals surface area contributed by atoms with Gasteiger partial charge in [-0.05, 0) is 16.7 Å². The van der Waals surface area contributed by atoms with Gasteiger partial charge in [0.2, 0.25) is 0 Å². The lowest BCUT2D eigenvalue weighted by molar-refractivity contribution is -0.0333. The minimum atomic E-state index is 0.179. The summed E-state index contributed by atoms with van der Waals surface area (Å²) in [6.45, 7) is 10.4. The second-order valence-corrected chi connectivity index (χ2v) is 5.09. The van der Waals surface area contributed by atoms with Crippen LogP contribution in [0.2, 0.25) is 0 Å². The minimum absolute atomic E-state index is 0.179. The van der Waals surface area contributed by atoms with Crippen molar-refractivity contribution in [3.05, 3.63) is 54.2 Å². The lowest BCUT2D eigenvalue weighted by Gasteiger charge is -2.38. The molecule has 0 unspecified atom stereocenters. The minimum Gasteiger partial charge on any atom is -0.379 e. The van der Waals surface area contributed by atoms with Crippen molar-refractivity contribution in [1.82, 2.24) is 4.90 Å². The Hall–Kier alpha value is -2.22. The third kappa shape index (κ3) is 4.12. The molecule has 1 aromatic rings. The number of likely N-dealkylation sites (tertiary alicyclic amines) is 1. The van der Waals surface area contributed by atoms with Crippen LogP contribution in [0.15, 0.2) is 48.1 Å². The Labute approximate surface area is 125 Å². The first kappa shape index (κ1) is 15.2. The van der Waals surface area contributed by atoms with Gasteiger partial charge in [-0.2, -0.15) is 5.26 Å². The van der Waals surface area contributed by atoms with E-state index in [1.54, 1.807) is 13.3 Å². The zero-order valence-corrected chi connectivity index (χ0v) is 12.2. The molecular formula is C17H19N3O. The van der Waals surface area contributed by atoms with E-state index in [1.165, 1.54) is 5.56 Å². The van der Waals surface area contributed by atoms with Crippen molar-refractivity contribution in [3.63, 3.8) is 0 Å². The third-order valence-corrected chi connectivity index (χ3v) is 3.49. The molecule has 0 bridgehead atoms. The van der Waals surface area contributed by atoms with E-state index in [2.05, 4.69) is 35.2 Å². The fraction of sp³-hybridized carbons (Fsp3) is 0.294. The fourth-order valence-corrected chi connectivity index (χ4v) is 2.14. The van der Waals surface area contributed by atoms with Crippen LogP contribution in [0.5, 0.6) is 0 Å². The van der Waals surface area contributed by atoms with Crippen LogP contribution in [0.1, 0.15) is 11.1 Å². The van der Waals surface area contributed by atoms with Crippen LogP contribution in [0.3, 0.4) is 0 Å². The Balaban J connectivity index is 1.90. The second-order valence-electron chi connectivity index (χ2n) is 5.09. The predicted molar refractivity (Wildman–Crippen MR) is 84.8 cm³/mol. The summed E-state index contributed by atoms with van der Waals surface area (Å²) in [6, 6.07) is 10.1. The van der Waals surface area contributed by atoms with E-state index in [4.69, 9.17) is 10.00 Å². The number of aliphatic imine (C=N–C) groups is 1. The molecule has 0 radical (unpaired) electrons. The average molecular weight is 281 g/mol. The Kier molecular flexibility index (Phi) is 5.04. The van der Waals surface area contributed by atoms with E-state index >= 15 is 0 Å². The molecule has 1 saturated heterocycles. The van der Waals surface area contributed by atoms with Crippen LogP contribution < -0.4 is 0 Å². The largest absolute Gasteiger partial charge is 0.379 e. The highest BCUT2D eigenvalue weighted by atomic mass is 16.5. The van der Waals surface area contributed by atoms with Gasteiger partial charge in [0.25, 0.3) is 0 Å². The highest BCUT2D eigenvalue weighted by Crippen LogP contribution is 2.17. The van der Waals surface area contributed by atoms with Crippen LogP contribution in [0, 0.1) is 11.3 Å². The summed E-state index contributed by atoms with van der Waals surface area (Å²) in [5, 5.41) is 8.60. The van der Waals surface area contributed by atoms with E-state index in [0.717, 1.165) is 30.8 Å². The molecule has 4 heteroatoms. The molecule has 4 nitrogen and oxygen atoms in total. The average Bonchev–Trinajstić information content (AvgIpc) is 2.48. The van der Waals surface area contributed by atoms with Crippen LogP contribution >= 0.6 is 0 Å². The highest BCUT2D eigenvalue weighted by Gasteiger charge is 2.25. The van der Waals surface area contributed by atoms with Crippen molar-refractivity contribution in [3.8, 4) is 6.07 Å². The van der Waals surface area contributed by atoms with Gasteiger partial charge in [0.15, 0.2) is 0 Å². The highest BCUT2D eigenvalue weighted by molar-refractivity contribution is 6.09. The number of rotatable bonds is 6. The number of hydrogen-bond donors (Lipinski definition) is 0. The predicted octanol–water partition coefficient (Wildman–Crippen LogP) is 2.64. The van der Waals surface area contributed by atoms with E-state index in [9.17, 15) is 0 Å². The van der Waals surface area contributed by atoms with Crippen LogP contribution in [-0.2, 0) is 11.3 Å². The van der Waals surface area contributed by atoms with Crippen molar-refractivity contribution >= 4 is 11.8 Å². The van der Waals surface area contributed by atoms with Crippen molar-refractivity contribution in [1.29, 1.82) is 5.26 Å². The van der Waals surface area contributed by atoms with Gasteiger partial charge in [0.05, 0.1) is 6.10 Å². The van der Waals surface area contributed by atoms with E-state index in [1.807, 2.05) is 18.2 Å². The van der Waals surface area contributed by atoms with Gasteiger partial charge >= 0.3 is 0 Å². The Bertz CT molecular complexity index is 589. The van der Waals surface area contributed by atoms with Crippen molar-refractivity contribution < 1.29 is 4.74 Å². The summed E-state index contributed by atoms with van der Waals surface area (Å²) in [7, 11) is 1.75. The van der Waals surface area contributed by atoms with E-state index < -0.39 is 0 Å². The number of methoxy groups -OCH3 is 1. The molecule has 1 aliphatic rings. The number of allylic oxidation sites excluding steroid dienone is 2. The molecule has 0 aromatic heterocycles. The molecule has 2 rings (SSSR count). The van der Waals surface area contributed by atoms with Gasteiger partial charge in [0.1, 0.15) is 11.8 Å². The van der Waals surface area contributed by atoms with Crippen LogP contribution in [0.25, 0.3) is 5.57 Å². The summed E-state index contributed by atoms with van der Waals surface area (Å²) in [6.07, 6.45) is 1.95. The van der Waals surface area contributed by atoms with Gasteiger partial charge in [0, 0.05) is 33.0 Å². The molecule has 0 aliphatic carbocycles. The fourth-order valence-electron chi connectivity index (χ4n) is 2.14. The van der Waals surface area contributed by atoms with E-state index in [0.29, 0.717) is 6.10 Å². The standard InChI is InChI=1S/C17H19N3O/c1-13(9-19-14(2)8-18)16-6-4-15(5-7-16)10-20-11-17(12-20)21-3/h4-7,9,17H,1-2,10-12H2,3H3. The normalized spacial score (nSPS) is 15.6. The first-order chi connectivity index (χ1) is 10.1. The van der Waals surface area contributed by atoms with Gasteiger partial charge in [-0.3, -0.25) is 4.90 Å². The number of benzene rings is 1. The number of nitriles is 1. The first-order valence-corrected chi connectivity index (χ1v) is 6.79. The monoisotopic (exact) mass is 281 g/mol. The molecule has 1 aromatic carbocycles. The third-order valence-electron chi connectivity index (χ3n) is 3.49.